The fourth-order valence-electron chi connectivity index (χ4n) is 3.28. The smallest absolute Gasteiger partial charge is 0.338 e. The minimum Gasteiger partial charge on any atom is -0.462 e. The molecule has 0 radical (unpaired) electrons. The van der Waals surface area contributed by atoms with Crippen molar-refractivity contribution in [2.24, 2.45) is 0 Å². The van der Waals surface area contributed by atoms with Gasteiger partial charge < -0.3 is 20.3 Å². The molecule has 3 rings (SSSR count). The molecule has 0 saturated carbocycles. The molecule has 7 heteroatoms. The lowest BCUT2D eigenvalue weighted by atomic mass is 10.1. The monoisotopic (exact) mass is 395 g/mol. The lowest BCUT2D eigenvalue weighted by Crippen LogP contribution is -2.28. The van der Waals surface area contributed by atoms with Crippen molar-refractivity contribution in [3.05, 3.63) is 59.2 Å². The molecule has 0 saturated heterocycles. The molecule has 1 aliphatic rings. The van der Waals surface area contributed by atoms with Crippen LogP contribution >= 0.6 is 0 Å². The Morgan fingerprint density at radius 3 is 2.52 bits per heavy atom. The summed E-state index contributed by atoms with van der Waals surface area (Å²) in [6.45, 7) is 5.02. The summed E-state index contributed by atoms with van der Waals surface area (Å²) >= 11 is 0. The molecule has 0 aromatic heterocycles. The van der Waals surface area contributed by atoms with Crippen molar-refractivity contribution in [3.63, 3.8) is 0 Å². The van der Waals surface area contributed by atoms with E-state index < -0.39 is 0 Å². The number of carbonyl (C=O) groups excluding carboxylic acids is 3. The first-order valence-corrected chi connectivity index (χ1v) is 9.76. The number of urea groups is 1. The molecule has 152 valence electrons. The molecule has 0 bridgehead atoms. The van der Waals surface area contributed by atoms with E-state index in [4.69, 9.17) is 4.74 Å². The van der Waals surface area contributed by atoms with Crippen LogP contribution in [-0.2, 0) is 22.5 Å². The summed E-state index contributed by atoms with van der Waals surface area (Å²) in [5.41, 5.74) is 4.08. The van der Waals surface area contributed by atoms with E-state index in [2.05, 4.69) is 10.6 Å². The zero-order valence-electron chi connectivity index (χ0n) is 16.7. The van der Waals surface area contributed by atoms with Crippen LogP contribution in [-0.4, -0.2) is 31.1 Å². The minimum atomic E-state index is -0.390. The Labute approximate surface area is 170 Å². The van der Waals surface area contributed by atoms with Gasteiger partial charge >= 0.3 is 12.0 Å². The summed E-state index contributed by atoms with van der Waals surface area (Å²) in [7, 11) is 0. The van der Waals surface area contributed by atoms with Crippen molar-refractivity contribution in [1.29, 1.82) is 0 Å². The molecule has 3 amide bonds. The number of amides is 3. The lowest BCUT2D eigenvalue weighted by molar-refractivity contribution is -0.118. The largest absolute Gasteiger partial charge is 0.462 e. The van der Waals surface area contributed by atoms with E-state index >= 15 is 0 Å². The second-order valence-electron chi connectivity index (χ2n) is 6.72. The quantitative estimate of drug-likeness (QED) is 0.733. The number of fused-ring (bicyclic) bond motifs is 1. The van der Waals surface area contributed by atoms with Crippen LogP contribution in [0.15, 0.2) is 42.5 Å². The molecule has 0 fully saturated rings. The van der Waals surface area contributed by atoms with Gasteiger partial charge in [0.25, 0.3) is 0 Å². The third-order valence-corrected chi connectivity index (χ3v) is 4.75. The van der Waals surface area contributed by atoms with Crippen molar-refractivity contribution in [2.75, 3.05) is 23.4 Å². The van der Waals surface area contributed by atoms with Gasteiger partial charge in [-0.25, -0.2) is 9.59 Å². The van der Waals surface area contributed by atoms with Crippen LogP contribution in [0, 0.1) is 0 Å². The minimum absolute atomic E-state index is 0.128. The average Bonchev–Trinajstić information content (AvgIpc) is 3.15. The molecule has 1 heterocycles. The number of ether oxygens (including phenoxy) is 1. The third-order valence-electron chi connectivity index (χ3n) is 4.75. The Kier molecular flexibility index (Phi) is 6.49. The molecule has 7 nitrogen and oxygen atoms in total. The molecule has 2 aromatic carbocycles. The van der Waals surface area contributed by atoms with Gasteiger partial charge in [0.05, 0.1) is 12.2 Å². The highest BCUT2D eigenvalue weighted by Crippen LogP contribution is 2.29. The van der Waals surface area contributed by atoms with Crippen molar-refractivity contribution in [1.82, 2.24) is 5.32 Å². The van der Waals surface area contributed by atoms with E-state index in [0.717, 1.165) is 23.2 Å². The molecule has 2 aromatic rings. The van der Waals surface area contributed by atoms with Crippen LogP contribution in [0.4, 0.5) is 16.2 Å². The molecule has 0 aliphatic carbocycles. The Balaban J connectivity index is 1.53. The van der Waals surface area contributed by atoms with E-state index in [-0.39, 0.29) is 17.9 Å². The van der Waals surface area contributed by atoms with Crippen LogP contribution in [0.1, 0.15) is 41.8 Å². The fraction of sp³-hybridized carbons (Fsp3) is 0.318. The van der Waals surface area contributed by atoms with Crippen LogP contribution < -0.4 is 15.5 Å². The maximum absolute atomic E-state index is 12.2. The fourth-order valence-corrected chi connectivity index (χ4v) is 3.28. The van der Waals surface area contributed by atoms with Gasteiger partial charge in [0.2, 0.25) is 5.91 Å². The van der Waals surface area contributed by atoms with Crippen LogP contribution in [0.3, 0.4) is 0 Å². The first-order valence-electron chi connectivity index (χ1n) is 9.76. The van der Waals surface area contributed by atoms with E-state index in [1.54, 1.807) is 31.2 Å². The Bertz CT molecular complexity index is 909. The average molecular weight is 395 g/mol. The summed E-state index contributed by atoms with van der Waals surface area (Å²) < 4.78 is 4.93. The van der Waals surface area contributed by atoms with Crippen LogP contribution in [0.25, 0.3) is 0 Å². The standard InChI is InChI=1S/C22H25N3O4/c1-3-20(26)25-12-11-17-13-15(5-10-19(17)25)14-23-22(28)24-18-8-6-16(7-9-18)21(27)29-4-2/h5-10,13H,3-4,11-12,14H2,1-2H3,(H2,23,24,28). The van der Waals surface area contributed by atoms with Gasteiger partial charge in [0.1, 0.15) is 0 Å². The van der Waals surface area contributed by atoms with Gasteiger partial charge in [-0.15, -0.1) is 0 Å². The number of rotatable bonds is 6. The maximum atomic E-state index is 12.2. The van der Waals surface area contributed by atoms with Gasteiger partial charge in [0, 0.05) is 30.9 Å². The zero-order valence-corrected chi connectivity index (χ0v) is 16.7. The van der Waals surface area contributed by atoms with E-state index in [0.29, 0.717) is 37.4 Å². The van der Waals surface area contributed by atoms with Gasteiger partial charge in [-0.3, -0.25) is 4.79 Å². The molecule has 1 aliphatic heterocycles. The number of benzene rings is 2. The highest BCUT2D eigenvalue weighted by Gasteiger charge is 2.23. The Morgan fingerprint density at radius 2 is 1.83 bits per heavy atom. The Morgan fingerprint density at radius 1 is 1.07 bits per heavy atom. The number of hydrogen-bond acceptors (Lipinski definition) is 4. The van der Waals surface area contributed by atoms with Crippen LogP contribution in [0.2, 0.25) is 0 Å². The molecule has 2 N–H and O–H groups in total. The van der Waals surface area contributed by atoms with Crippen molar-refractivity contribution < 1.29 is 19.1 Å². The zero-order chi connectivity index (χ0) is 20.8. The highest BCUT2D eigenvalue weighted by atomic mass is 16.5. The van der Waals surface area contributed by atoms with Gasteiger partial charge in [-0.2, -0.15) is 0 Å². The summed E-state index contributed by atoms with van der Waals surface area (Å²) in [6, 6.07) is 12.1. The number of hydrogen-bond donors (Lipinski definition) is 2. The second kappa shape index (κ2) is 9.23. The van der Waals surface area contributed by atoms with E-state index in [1.165, 1.54) is 0 Å². The summed E-state index contributed by atoms with van der Waals surface area (Å²) in [5, 5.41) is 5.56. The highest BCUT2D eigenvalue weighted by molar-refractivity contribution is 5.95. The SMILES string of the molecule is CCOC(=O)c1ccc(NC(=O)NCc2ccc3c(c2)CCN3C(=O)CC)cc1. The summed E-state index contributed by atoms with van der Waals surface area (Å²) in [5.74, 6) is -0.262. The number of esters is 1. The van der Waals surface area contributed by atoms with E-state index in [1.807, 2.05) is 30.0 Å². The number of nitrogens with zero attached hydrogens (tertiary/aromatic N) is 1. The Hall–Kier alpha value is -3.35. The van der Waals surface area contributed by atoms with Crippen molar-refractivity contribution >= 4 is 29.3 Å². The predicted octanol–water partition coefficient (Wildman–Crippen LogP) is 3.48. The number of nitrogens with one attached hydrogen (secondary N) is 2. The maximum Gasteiger partial charge on any atom is 0.338 e. The third kappa shape index (κ3) is 4.93. The molecule has 29 heavy (non-hydrogen) atoms. The van der Waals surface area contributed by atoms with Gasteiger partial charge in [-0.05, 0) is 54.8 Å². The van der Waals surface area contributed by atoms with Crippen molar-refractivity contribution in [2.45, 2.75) is 33.2 Å². The number of carbonyl (C=O) groups is 3. The van der Waals surface area contributed by atoms with Crippen molar-refractivity contribution in [3.8, 4) is 0 Å². The van der Waals surface area contributed by atoms with E-state index in [9.17, 15) is 14.4 Å². The summed E-state index contributed by atoms with van der Waals surface area (Å²) in [4.78, 5) is 37.6. The molecule has 0 atom stereocenters. The molecule has 0 unspecified atom stereocenters. The molecular weight excluding hydrogens is 370 g/mol. The normalized spacial score (nSPS) is 12.3. The second-order valence-corrected chi connectivity index (χ2v) is 6.72. The first kappa shape index (κ1) is 20.4. The predicted molar refractivity (Wildman–Crippen MR) is 111 cm³/mol. The molecular formula is C22H25N3O4. The number of anilines is 2. The van der Waals surface area contributed by atoms with Gasteiger partial charge in [-0.1, -0.05) is 19.1 Å². The van der Waals surface area contributed by atoms with Gasteiger partial charge in [0.15, 0.2) is 0 Å². The summed E-state index contributed by atoms with van der Waals surface area (Å²) in [6.07, 6.45) is 1.32. The molecule has 0 spiro atoms. The lowest BCUT2D eigenvalue weighted by Gasteiger charge is -2.16. The van der Waals surface area contributed by atoms with Crippen LogP contribution in [0.5, 0.6) is 0 Å². The first-order chi connectivity index (χ1) is 14.0. The topological polar surface area (TPSA) is 87.7 Å².